The predicted molar refractivity (Wildman–Crippen MR) is 163 cm³/mol. The zero-order valence-electron chi connectivity index (χ0n) is 20.9. The van der Waals surface area contributed by atoms with Crippen LogP contribution in [0.15, 0.2) is 91.0 Å². The predicted octanol–water partition coefficient (Wildman–Crippen LogP) is 11.5. The van der Waals surface area contributed by atoms with Gasteiger partial charge < -0.3 is 0 Å². The highest BCUT2D eigenvalue weighted by Gasteiger charge is 2.12. The summed E-state index contributed by atoms with van der Waals surface area (Å²) in [6, 6.07) is 34.0. The second-order valence-electron chi connectivity index (χ2n) is 9.86. The first-order valence-corrected chi connectivity index (χ1v) is 15.0. The molecule has 0 saturated carbocycles. The van der Waals surface area contributed by atoms with E-state index in [0.717, 1.165) is 0 Å². The second kappa shape index (κ2) is 10.6. The molecule has 0 aliphatic rings. The molecule has 2 heteroatoms. The lowest BCUT2D eigenvalue weighted by Gasteiger charge is -2.07. The van der Waals surface area contributed by atoms with E-state index in [0.29, 0.717) is 0 Å². The van der Waals surface area contributed by atoms with E-state index < -0.39 is 0 Å². The van der Waals surface area contributed by atoms with E-state index in [9.17, 15) is 0 Å². The fraction of sp³-hybridized carbons (Fsp3) is 0.235. The highest BCUT2D eigenvalue weighted by Crippen LogP contribution is 2.45. The van der Waals surface area contributed by atoms with Crippen LogP contribution in [0.3, 0.4) is 0 Å². The van der Waals surface area contributed by atoms with Crippen LogP contribution in [0.1, 0.15) is 51.0 Å². The van der Waals surface area contributed by atoms with E-state index in [2.05, 4.69) is 97.9 Å². The van der Waals surface area contributed by atoms with E-state index in [4.69, 9.17) is 0 Å². The summed E-state index contributed by atoms with van der Waals surface area (Å²) in [5.74, 6) is 0. The molecule has 0 N–H and O–H groups in total. The number of aryl methyl sites for hydroxylation is 1. The van der Waals surface area contributed by atoms with Crippen LogP contribution in [0.4, 0.5) is 0 Å². The summed E-state index contributed by atoms with van der Waals surface area (Å²) in [7, 11) is 0. The Kier molecular flexibility index (Phi) is 6.90. The van der Waals surface area contributed by atoms with E-state index in [1.165, 1.54) is 102 Å². The van der Waals surface area contributed by atoms with Crippen molar-refractivity contribution in [2.45, 2.75) is 51.9 Å². The molecule has 0 fully saturated rings. The zero-order chi connectivity index (χ0) is 24.3. The van der Waals surface area contributed by atoms with Crippen molar-refractivity contribution >= 4 is 52.2 Å². The normalized spacial score (nSPS) is 11.7. The van der Waals surface area contributed by atoms with Crippen LogP contribution in [0.2, 0.25) is 0 Å². The van der Waals surface area contributed by atoms with Gasteiger partial charge in [-0.25, -0.2) is 0 Å². The summed E-state index contributed by atoms with van der Waals surface area (Å²) in [4.78, 5) is 0. The zero-order valence-corrected chi connectivity index (χ0v) is 22.6. The van der Waals surface area contributed by atoms with Gasteiger partial charge in [0.25, 0.3) is 0 Å². The minimum atomic E-state index is 1.20. The minimum Gasteiger partial charge on any atom is -0.134 e. The van der Waals surface area contributed by atoms with Crippen molar-refractivity contribution in [2.24, 2.45) is 0 Å². The van der Waals surface area contributed by atoms with Crippen molar-refractivity contribution in [3.8, 4) is 22.3 Å². The third-order valence-corrected chi connectivity index (χ3v) is 9.83. The quantitative estimate of drug-likeness (QED) is 0.172. The van der Waals surface area contributed by atoms with Gasteiger partial charge in [0.15, 0.2) is 0 Å². The van der Waals surface area contributed by atoms with Gasteiger partial charge in [-0.1, -0.05) is 118 Å². The number of benzene rings is 4. The molecular formula is C34H32S2. The summed E-state index contributed by atoms with van der Waals surface area (Å²) >= 11 is 3.85. The van der Waals surface area contributed by atoms with Gasteiger partial charge in [0, 0.05) is 20.2 Å². The lowest BCUT2D eigenvalue weighted by Crippen LogP contribution is -1.87. The monoisotopic (exact) mass is 504 g/mol. The van der Waals surface area contributed by atoms with Crippen LogP contribution < -0.4 is 0 Å². The molecule has 0 aliphatic carbocycles. The van der Waals surface area contributed by atoms with Gasteiger partial charge in [-0.2, -0.15) is 0 Å². The first-order valence-electron chi connectivity index (χ1n) is 13.3. The Bertz CT molecular complexity index is 1600. The van der Waals surface area contributed by atoms with Crippen molar-refractivity contribution in [3.05, 3.63) is 96.6 Å². The Morgan fingerprint density at radius 3 is 1.81 bits per heavy atom. The van der Waals surface area contributed by atoms with Crippen LogP contribution in [0.5, 0.6) is 0 Å². The molecule has 180 valence electrons. The van der Waals surface area contributed by atoms with Crippen LogP contribution in [0, 0.1) is 0 Å². The molecule has 0 saturated heterocycles. The summed E-state index contributed by atoms with van der Waals surface area (Å²) in [6.45, 7) is 2.28. The Hall–Kier alpha value is -2.94. The Morgan fingerprint density at radius 1 is 0.500 bits per heavy atom. The van der Waals surface area contributed by atoms with Crippen LogP contribution >= 0.6 is 22.7 Å². The van der Waals surface area contributed by atoms with Gasteiger partial charge in [-0.3, -0.25) is 0 Å². The smallest absolute Gasteiger partial charge is 0.0542 e. The number of unbranched alkanes of at least 4 members (excludes halogenated alkanes) is 5. The number of hydrogen-bond donors (Lipinski definition) is 0. The molecule has 0 unspecified atom stereocenters. The third-order valence-electron chi connectivity index (χ3n) is 7.31. The largest absolute Gasteiger partial charge is 0.134 e. The summed E-state index contributed by atoms with van der Waals surface area (Å²) < 4.78 is 5.62. The third kappa shape index (κ3) is 4.73. The SMILES string of the molecule is CCCCCCCCc1ccc(-c2ccc(-c3ccc4c(c3)sc3c5ccccc5sc43)cc2)cc1. The van der Waals surface area contributed by atoms with E-state index >= 15 is 0 Å². The average molecular weight is 505 g/mol. The van der Waals surface area contributed by atoms with Gasteiger partial charge >= 0.3 is 0 Å². The number of hydrogen-bond acceptors (Lipinski definition) is 2. The highest BCUT2D eigenvalue weighted by molar-refractivity contribution is 7.36. The molecule has 0 bridgehead atoms. The van der Waals surface area contributed by atoms with Gasteiger partial charge in [-0.15, -0.1) is 22.7 Å². The molecule has 6 aromatic rings. The maximum Gasteiger partial charge on any atom is 0.0542 e. The number of fused-ring (bicyclic) bond motifs is 5. The van der Waals surface area contributed by atoms with Crippen LogP contribution in [-0.4, -0.2) is 0 Å². The van der Waals surface area contributed by atoms with Crippen molar-refractivity contribution in [2.75, 3.05) is 0 Å². The minimum absolute atomic E-state index is 1.20. The Balaban J connectivity index is 1.16. The standard InChI is InChI=1S/C34H32S2/c1-2-3-4-5-6-7-10-24-13-15-25(16-14-24)26-17-19-27(20-18-26)28-21-22-30-32(23-28)36-33-29-11-8-9-12-31(29)35-34(30)33/h8-9,11-23H,2-7,10H2,1H3. The van der Waals surface area contributed by atoms with Crippen LogP contribution in [-0.2, 0) is 6.42 Å². The summed E-state index contributed by atoms with van der Waals surface area (Å²) in [5, 5.41) is 2.78. The molecule has 0 nitrogen and oxygen atoms in total. The van der Waals surface area contributed by atoms with E-state index in [1.807, 2.05) is 22.7 Å². The van der Waals surface area contributed by atoms with Gasteiger partial charge in [-0.05, 0) is 52.8 Å². The average Bonchev–Trinajstić information content (AvgIpc) is 3.47. The molecular weight excluding hydrogens is 473 g/mol. The molecule has 36 heavy (non-hydrogen) atoms. The van der Waals surface area contributed by atoms with Gasteiger partial charge in [0.1, 0.15) is 0 Å². The number of thiophene rings is 2. The molecule has 6 rings (SSSR count). The fourth-order valence-corrected chi connectivity index (χ4v) is 7.91. The molecule has 0 atom stereocenters. The first kappa shape index (κ1) is 23.5. The second-order valence-corrected chi connectivity index (χ2v) is 12.0. The van der Waals surface area contributed by atoms with Crippen molar-refractivity contribution < 1.29 is 0 Å². The van der Waals surface area contributed by atoms with Crippen molar-refractivity contribution in [1.29, 1.82) is 0 Å². The lowest BCUT2D eigenvalue weighted by atomic mass is 9.98. The van der Waals surface area contributed by atoms with Crippen LogP contribution in [0.25, 0.3) is 51.8 Å². The highest BCUT2D eigenvalue weighted by atomic mass is 32.1. The lowest BCUT2D eigenvalue weighted by molar-refractivity contribution is 0.607. The number of rotatable bonds is 9. The topological polar surface area (TPSA) is 0 Å². The van der Waals surface area contributed by atoms with Crippen molar-refractivity contribution in [1.82, 2.24) is 0 Å². The fourth-order valence-electron chi connectivity index (χ4n) is 5.21. The maximum atomic E-state index is 2.37. The molecule has 0 spiro atoms. The maximum absolute atomic E-state index is 2.37. The van der Waals surface area contributed by atoms with E-state index in [1.54, 1.807) is 0 Å². The molecule has 0 aliphatic heterocycles. The molecule has 0 amide bonds. The van der Waals surface area contributed by atoms with Crippen molar-refractivity contribution in [3.63, 3.8) is 0 Å². The first-order chi connectivity index (χ1) is 17.8. The van der Waals surface area contributed by atoms with E-state index in [-0.39, 0.29) is 0 Å². The summed E-state index contributed by atoms with van der Waals surface area (Å²) in [6.07, 6.45) is 9.34. The molecule has 2 heterocycles. The Labute approximate surface area is 222 Å². The molecule has 0 radical (unpaired) electrons. The summed E-state index contributed by atoms with van der Waals surface area (Å²) in [5.41, 5.74) is 6.62. The molecule has 2 aromatic heterocycles. The Morgan fingerprint density at radius 2 is 1.06 bits per heavy atom. The van der Waals surface area contributed by atoms with Gasteiger partial charge in [0.2, 0.25) is 0 Å². The van der Waals surface area contributed by atoms with Gasteiger partial charge in [0.05, 0.1) is 9.40 Å². The molecule has 4 aromatic carbocycles.